The van der Waals surface area contributed by atoms with Gasteiger partial charge in [0.15, 0.2) is 0 Å². The summed E-state index contributed by atoms with van der Waals surface area (Å²) in [5, 5.41) is 0. The summed E-state index contributed by atoms with van der Waals surface area (Å²) in [5.41, 5.74) is 7.42. The zero-order chi connectivity index (χ0) is 13.2. The molecule has 0 radical (unpaired) electrons. The van der Waals surface area contributed by atoms with Gasteiger partial charge in [-0.3, -0.25) is 0 Å². The molecule has 1 aromatic carbocycles. The van der Waals surface area contributed by atoms with Gasteiger partial charge in [-0.05, 0) is 36.1 Å². The smallest absolute Gasteiger partial charge is 0.125 e. The third-order valence-corrected chi connectivity index (χ3v) is 3.42. The molecule has 0 aliphatic rings. The van der Waals surface area contributed by atoms with E-state index in [4.69, 9.17) is 5.73 Å². The molecular weight excluding hydrogens is 215 g/mol. The monoisotopic (exact) mass is 238 g/mol. The predicted octanol–water partition coefficient (Wildman–Crippen LogP) is 3.16. The summed E-state index contributed by atoms with van der Waals surface area (Å²) >= 11 is 0. The van der Waals surface area contributed by atoms with Crippen LogP contribution in [-0.2, 0) is 6.54 Å². The van der Waals surface area contributed by atoms with Crippen molar-refractivity contribution in [3.63, 3.8) is 0 Å². The third-order valence-electron chi connectivity index (χ3n) is 3.42. The van der Waals surface area contributed by atoms with Gasteiger partial charge in [-0.1, -0.05) is 20.8 Å². The van der Waals surface area contributed by atoms with Gasteiger partial charge in [0.2, 0.25) is 0 Å². The molecule has 1 rings (SSSR count). The van der Waals surface area contributed by atoms with Crippen LogP contribution in [0.1, 0.15) is 33.3 Å². The fraction of sp³-hybridized carbons (Fsp3) is 0.571. The Hall–Kier alpha value is -1.09. The number of hydrogen-bond acceptors (Lipinski definition) is 2. The van der Waals surface area contributed by atoms with Crippen molar-refractivity contribution in [3.8, 4) is 0 Å². The minimum atomic E-state index is -0.226. The van der Waals surface area contributed by atoms with Crippen LogP contribution in [0, 0.1) is 11.2 Å². The van der Waals surface area contributed by atoms with E-state index in [2.05, 4.69) is 32.6 Å². The normalized spacial score (nSPS) is 13.6. The average Bonchev–Trinajstić information content (AvgIpc) is 2.24. The second-order valence-electron chi connectivity index (χ2n) is 5.67. The lowest BCUT2D eigenvalue weighted by molar-refractivity contribution is 0.329. The van der Waals surface area contributed by atoms with E-state index in [0.29, 0.717) is 12.6 Å². The van der Waals surface area contributed by atoms with E-state index < -0.39 is 0 Å². The average molecular weight is 238 g/mol. The standard InChI is InChI=1S/C14H23FN2/c1-10(14(2,3)4)17(5)13-7-11(9-16)6-12(15)8-13/h6-8,10H,9,16H2,1-5H3. The molecule has 0 bridgehead atoms. The Morgan fingerprint density at radius 2 is 1.88 bits per heavy atom. The number of nitrogens with zero attached hydrogens (tertiary/aromatic N) is 1. The van der Waals surface area contributed by atoms with Crippen LogP contribution >= 0.6 is 0 Å². The van der Waals surface area contributed by atoms with Crippen molar-refractivity contribution in [2.75, 3.05) is 11.9 Å². The lowest BCUT2D eigenvalue weighted by Gasteiger charge is -2.37. The van der Waals surface area contributed by atoms with Crippen molar-refractivity contribution in [3.05, 3.63) is 29.6 Å². The van der Waals surface area contributed by atoms with Gasteiger partial charge in [0.05, 0.1) is 0 Å². The highest BCUT2D eigenvalue weighted by Gasteiger charge is 2.24. The molecule has 0 saturated carbocycles. The number of nitrogens with two attached hydrogens (primary N) is 1. The number of hydrogen-bond donors (Lipinski definition) is 1. The fourth-order valence-electron chi connectivity index (χ4n) is 1.76. The van der Waals surface area contributed by atoms with E-state index in [-0.39, 0.29) is 11.2 Å². The summed E-state index contributed by atoms with van der Waals surface area (Å²) in [6.07, 6.45) is 0. The van der Waals surface area contributed by atoms with Gasteiger partial charge in [-0.2, -0.15) is 0 Å². The largest absolute Gasteiger partial charge is 0.371 e. The molecule has 0 aliphatic carbocycles. The van der Waals surface area contributed by atoms with Crippen LogP contribution in [0.3, 0.4) is 0 Å². The fourth-order valence-corrected chi connectivity index (χ4v) is 1.76. The van der Waals surface area contributed by atoms with E-state index in [1.807, 2.05) is 13.1 Å². The van der Waals surface area contributed by atoms with Crippen molar-refractivity contribution >= 4 is 5.69 Å². The summed E-state index contributed by atoms with van der Waals surface area (Å²) in [6.45, 7) is 9.04. The number of halogens is 1. The third kappa shape index (κ3) is 3.43. The van der Waals surface area contributed by atoms with Gasteiger partial charge in [0.1, 0.15) is 5.82 Å². The lowest BCUT2D eigenvalue weighted by atomic mass is 9.87. The summed E-state index contributed by atoms with van der Waals surface area (Å²) in [6, 6.07) is 5.31. The van der Waals surface area contributed by atoms with Crippen molar-refractivity contribution in [2.45, 2.75) is 40.3 Å². The lowest BCUT2D eigenvalue weighted by Crippen LogP contribution is -2.39. The first-order chi connectivity index (χ1) is 7.75. The number of benzene rings is 1. The van der Waals surface area contributed by atoms with Crippen molar-refractivity contribution in [2.24, 2.45) is 11.1 Å². The van der Waals surface area contributed by atoms with Crippen LogP contribution in [-0.4, -0.2) is 13.1 Å². The summed E-state index contributed by atoms with van der Waals surface area (Å²) in [4.78, 5) is 2.10. The molecule has 3 heteroatoms. The molecule has 96 valence electrons. The Morgan fingerprint density at radius 1 is 1.29 bits per heavy atom. The van der Waals surface area contributed by atoms with E-state index in [9.17, 15) is 4.39 Å². The van der Waals surface area contributed by atoms with Gasteiger partial charge in [-0.15, -0.1) is 0 Å². The van der Waals surface area contributed by atoms with Crippen LogP contribution in [0.4, 0.5) is 10.1 Å². The SMILES string of the molecule is CC(N(C)c1cc(F)cc(CN)c1)C(C)(C)C. The van der Waals surface area contributed by atoms with Crippen LogP contribution in [0.2, 0.25) is 0 Å². The Labute approximate surface area is 104 Å². The Bertz CT molecular complexity index is 382. The van der Waals surface area contributed by atoms with Crippen LogP contribution < -0.4 is 10.6 Å². The Morgan fingerprint density at radius 3 is 2.35 bits per heavy atom. The summed E-state index contributed by atoms with van der Waals surface area (Å²) in [7, 11) is 1.99. The minimum absolute atomic E-state index is 0.143. The minimum Gasteiger partial charge on any atom is -0.371 e. The molecule has 0 aliphatic heterocycles. The number of rotatable bonds is 3. The van der Waals surface area contributed by atoms with E-state index in [0.717, 1.165) is 11.3 Å². The van der Waals surface area contributed by atoms with Crippen LogP contribution in [0.5, 0.6) is 0 Å². The maximum atomic E-state index is 13.5. The van der Waals surface area contributed by atoms with Crippen molar-refractivity contribution in [1.29, 1.82) is 0 Å². The molecule has 1 aromatic rings. The van der Waals surface area contributed by atoms with E-state index >= 15 is 0 Å². The van der Waals surface area contributed by atoms with Crippen molar-refractivity contribution < 1.29 is 4.39 Å². The molecule has 2 N–H and O–H groups in total. The number of anilines is 1. The zero-order valence-electron chi connectivity index (χ0n) is 11.4. The molecule has 17 heavy (non-hydrogen) atoms. The molecule has 0 amide bonds. The van der Waals surface area contributed by atoms with E-state index in [1.54, 1.807) is 6.07 Å². The molecule has 0 heterocycles. The van der Waals surface area contributed by atoms with Gasteiger partial charge < -0.3 is 10.6 Å². The zero-order valence-corrected chi connectivity index (χ0v) is 11.4. The van der Waals surface area contributed by atoms with Gasteiger partial charge in [0, 0.05) is 25.3 Å². The van der Waals surface area contributed by atoms with E-state index in [1.165, 1.54) is 6.07 Å². The molecule has 1 atom stereocenters. The first-order valence-corrected chi connectivity index (χ1v) is 5.98. The Balaban J connectivity index is 3.03. The first kappa shape index (κ1) is 14.0. The van der Waals surface area contributed by atoms with Crippen LogP contribution in [0.15, 0.2) is 18.2 Å². The Kier molecular flexibility index (Phi) is 4.15. The van der Waals surface area contributed by atoms with Gasteiger partial charge in [0.25, 0.3) is 0 Å². The first-order valence-electron chi connectivity index (χ1n) is 5.98. The summed E-state index contributed by atoms with van der Waals surface area (Å²) < 4.78 is 13.5. The molecule has 0 spiro atoms. The van der Waals surface area contributed by atoms with Gasteiger partial charge >= 0.3 is 0 Å². The predicted molar refractivity (Wildman–Crippen MR) is 71.6 cm³/mol. The second kappa shape index (κ2) is 5.05. The maximum absolute atomic E-state index is 13.5. The highest BCUT2D eigenvalue weighted by atomic mass is 19.1. The topological polar surface area (TPSA) is 29.3 Å². The van der Waals surface area contributed by atoms with Crippen molar-refractivity contribution in [1.82, 2.24) is 0 Å². The van der Waals surface area contributed by atoms with Crippen LogP contribution in [0.25, 0.3) is 0 Å². The summed E-state index contributed by atoms with van der Waals surface area (Å²) in [5.74, 6) is -0.226. The molecule has 2 nitrogen and oxygen atoms in total. The van der Waals surface area contributed by atoms with Gasteiger partial charge in [-0.25, -0.2) is 4.39 Å². The molecule has 0 fully saturated rings. The highest BCUT2D eigenvalue weighted by Crippen LogP contribution is 2.28. The molecule has 1 unspecified atom stereocenters. The molecular formula is C14H23FN2. The quantitative estimate of drug-likeness (QED) is 0.876. The second-order valence-corrected chi connectivity index (χ2v) is 5.67. The molecule has 0 aromatic heterocycles. The maximum Gasteiger partial charge on any atom is 0.125 e. The highest BCUT2D eigenvalue weighted by molar-refractivity contribution is 5.49. The molecule has 0 saturated heterocycles.